The zero-order valence-electron chi connectivity index (χ0n) is 15.1. The van der Waals surface area contributed by atoms with Crippen LogP contribution in [0.1, 0.15) is 13.8 Å². The third-order valence-corrected chi connectivity index (χ3v) is 5.88. The lowest BCUT2D eigenvalue weighted by molar-refractivity contribution is 0.00776. The lowest BCUT2D eigenvalue weighted by atomic mass is 10.0. The Morgan fingerprint density at radius 2 is 1.80 bits per heavy atom. The van der Waals surface area contributed by atoms with E-state index >= 15 is 0 Å². The molecule has 0 aliphatic carbocycles. The minimum absolute atomic E-state index is 0.00458. The van der Waals surface area contributed by atoms with Crippen LogP contribution in [0.15, 0.2) is 20.7 Å². The highest BCUT2D eigenvalue weighted by atomic mass is 32.2. The van der Waals surface area contributed by atoms with Crippen LogP contribution in [0.3, 0.4) is 0 Å². The van der Waals surface area contributed by atoms with Crippen LogP contribution >= 0.6 is 0 Å². The number of ether oxygens (including phenoxy) is 1. The van der Waals surface area contributed by atoms with Crippen LogP contribution in [0.25, 0.3) is 0 Å². The molecule has 9 nitrogen and oxygen atoms in total. The van der Waals surface area contributed by atoms with Gasteiger partial charge in [-0.3, -0.25) is 14.3 Å². The van der Waals surface area contributed by atoms with E-state index in [1.165, 1.54) is 14.1 Å². The second-order valence-corrected chi connectivity index (χ2v) is 8.30. The third kappa shape index (κ3) is 4.38. The molecule has 1 atom stereocenters. The van der Waals surface area contributed by atoms with Crippen molar-refractivity contribution in [3.8, 4) is 0 Å². The summed E-state index contributed by atoms with van der Waals surface area (Å²) in [7, 11) is -1.35. The van der Waals surface area contributed by atoms with Crippen LogP contribution < -0.4 is 16.0 Å². The molecule has 1 aromatic rings. The Bertz CT molecular complexity index is 821. The molecule has 0 radical (unpaired) electrons. The molecule has 1 aliphatic rings. The van der Waals surface area contributed by atoms with Crippen molar-refractivity contribution in [1.82, 2.24) is 18.8 Å². The lowest BCUT2D eigenvalue weighted by Gasteiger charge is -2.36. The maximum absolute atomic E-state index is 12.6. The first-order valence-corrected chi connectivity index (χ1v) is 9.71. The maximum Gasteiger partial charge on any atom is 0.330 e. The van der Waals surface area contributed by atoms with Gasteiger partial charge in [0, 0.05) is 46.0 Å². The van der Waals surface area contributed by atoms with Gasteiger partial charge in [0.05, 0.1) is 13.2 Å². The third-order valence-electron chi connectivity index (χ3n) is 4.47. The second-order valence-electron chi connectivity index (χ2n) is 6.56. The minimum atomic E-state index is -4.02. The lowest BCUT2D eigenvalue weighted by Crippen LogP contribution is -2.51. The highest BCUT2D eigenvalue weighted by molar-refractivity contribution is 7.89. The van der Waals surface area contributed by atoms with Gasteiger partial charge in [-0.25, -0.2) is 17.9 Å². The fourth-order valence-corrected chi connectivity index (χ4v) is 4.14. The number of hydrogen-bond donors (Lipinski definition) is 1. The van der Waals surface area contributed by atoms with Crippen LogP contribution in [-0.2, 0) is 28.9 Å². The van der Waals surface area contributed by atoms with Gasteiger partial charge in [0.15, 0.2) is 4.90 Å². The Hall–Kier alpha value is -1.49. The number of nitrogens with one attached hydrogen (secondary N) is 1. The van der Waals surface area contributed by atoms with Crippen molar-refractivity contribution in [2.24, 2.45) is 20.0 Å². The molecule has 0 aromatic carbocycles. The Morgan fingerprint density at radius 1 is 1.20 bits per heavy atom. The van der Waals surface area contributed by atoms with Crippen molar-refractivity contribution in [2.45, 2.75) is 24.8 Å². The highest BCUT2D eigenvalue weighted by Crippen LogP contribution is 2.13. The number of aryl methyl sites for hydroxylation is 1. The van der Waals surface area contributed by atoms with Gasteiger partial charge in [0.1, 0.15) is 0 Å². The molecule has 2 rings (SSSR count). The summed E-state index contributed by atoms with van der Waals surface area (Å²) in [5.74, 6) is 0.226. The van der Waals surface area contributed by atoms with E-state index in [1.54, 1.807) is 0 Å². The van der Waals surface area contributed by atoms with Gasteiger partial charge in [0.2, 0.25) is 10.0 Å². The number of sulfonamides is 1. The van der Waals surface area contributed by atoms with E-state index in [0.29, 0.717) is 13.2 Å². The predicted molar refractivity (Wildman–Crippen MR) is 93.1 cm³/mol. The molecule has 0 unspecified atom stereocenters. The van der Waals surface area contributed by atoms with Crippen molar-refractivity contribution >= 4 is 10.0 Å². The molecule has 2 heterocycles. The van der Waals surface area contributed by atoms with Gasteiger partial charge in [-0.2, -0.15) is 0 Å². The number of hydrogen-bond acceptors (Lipinski definition) is 6. The molecule has 1 saturated heterocycles. The predicted octanol–water partition coefficient (Wildman–Crippen LogP) is -1.28. The minimum Gasteiger partial charge on any atom is -0.379 e. The molecule has 10 heteroatoms. The summed E-state index contributed by atoms with van der Waals surface area (Å²) in [5, 5.41) is 0. The number of aromatic nitrogens is 2. The Morgan fingerprint density at radius 3 is 2.36 bits per heavy atom. The van der Waals surface area contributed by atoms with Gasteiger partial charge >= 0.3 is 5.69 Å². The van der Waals surface area contributed by atoms with Crippen molar-refractivity contribution in [1.29, 1.82) is 0 Å². The molecule has 0 bridgehead atoms. The van der Waals surface area contributed by atoms with E-state index in [1.807, 2.05) is 13.8 Å². The molecule has 0 spiro atoms. The molecule has 0 saturated carbocycles. The average Bonchev–Trinajstić information content (AvgIpc) is 2.56. The molecule has 142 valence electrons. The van der Waals surface area contributed by atoms with Crippen molar-refractivity contribution in [3.05, 3.63) is 27.0 Å². The summed E-state index contributed by atoms with van der Waals surface area (Å²) in [5.41, 5.74) is -1.40. The van der Waals surface area contributed by atoms with Crippen molar-refractivity contribution in [3.63, 3.8) is 0 Å². The zero-order chi connectivity index (χ0) is 18.8. The van der Waals surface area contributed by atoms with E-state index in [4.69, 9.17) is 4.74 Å². The normalized spacial score (nSPS) is 17.8. The number of rotatable bonds is 6. The van der Waals surface area contributed by atoms with Gasteiger partial charge in [-0.1, -0.05) is 13.8 Å². The molecule has 1 fully saturated rings. The van der Waals surface area contributed by atoms with Crippen LogP contribution in [-0.4, -0.2) is 61.3 Å². The molecule has 25 heavy (non-hydrogen) atoms. The standard InChI is InChI=1S/C15H26N4O5S/c1-11(2)12(19-5-7-24-8-6-19)9-16-25(22,23)13-10-17(3)15(21)18(4)14(13)20/h10-12,16H,5-9H2,1-4H3/t12-/m1/s1. The van der Waals surface area contributed by atoms with Crippen LogP contribution in [0.2, 0.25) is 0 Å². The smallest absolute Gasteiger partial charge is 0.330 e. The van der Waals surface area contributed by atoms with Gasteiger partial charge in [-0.05, 0) is 5.92 Å². The summed E-state index contributed by atoms with van der Waals surface area (Å²) in [6.07, 6.45) is 1.06. The van der Waals surface area contributed by atoms with E-state index in [9.17, 15) is 18.0 Å². The molecular weight excluding hydrogens is 348 g/mol. The first-order chi connectivity index (χ1) is 11.6. The molecule has 1 aromatic heterocycles. The summed E-state index contributed by atoms with van der Waals surface area (Å²) in [6.45, 7) is 6.97. The van der Waals surface area contributed by atoms with E-state index < -0.39 is 26.2 Å². The van der Waals surface area contributed by atoms with Gasteiger partial charge in [0.25, 0.3) is 5.56 Å². The van der Waals surface area contributed by atoms with Crippen molar-refractivity contribution in [2.75, 3.05) is 32.8 Å². The summed E-state index contributed by atoms with van der Waals surface area (Å²) >= 11 is 0. The maximum atomic E-state index is 12.6. The number of nitrogens with zero attached hydrogens (tertiary/aromatic N) is 3. The van der Waals surface area contributed by atoms with Crippen LogP contribution in [0.4, 0.5) is 0 Å². The summed E-state index contributed by atoms with van der Waals surface area (Å²) in [4.78, 5) is 25.7. The van der Waals surface area contributed by atoms with Gasteiger partial charge < -0.3 is 9.30 Å². The first-order valence-electron chi connectivity index (χ1n) is 8.23. The monoisotopic (exact) mass is 374 g/mol. The summed E-state index contributed by atoms with van der Waals surface area (Å²) < 4.78 is 34.9. The summed E-state index contributed by atoms with van der Waals surface area (Å²) in [6, 6.07) is -0.00458. The quantitative estimate of drug-likeness (QED) is 0.665. The Labute approximate surface area is 147 Å². The first kappa shape index (κ1) is 19.8. The Kier molecular flexibility index (Phi) is 6.20. The Balaban J connectivity index is 2.23. The number of morpholine rings is 1. The fourth-order valence-electron chi connectivity index (χ4n) is 2.93. The average molecular weight is 374 g/mol. The van der Waals surface area contributed by atoms with E-state index in [-0.39, 0.29) is 18.5 Å². The SMILES string of the molecule is CC(C)[C@@H](CNS(=O)(=O)c1cn(C)c(=O)n(C)c1=O)N1CCOCC1. The highest BCUT2D eigenvalue weighted by Gasteiger charge is 2.27. The van der Waals surface area contributed by atoms with E-state index in [2.05, 4.69) is 9.62 Å². The molecule has 0 amide bonds. The molecule has 1 N–H and O–H groups in total. The van der Waals surface area contributed by atoms with Crippen LogP contribution in [0, 0.1) is 5.92 Å². The molecule has 1 aliphatic heterocycles. The van der Waals surface area contributed by atoms with Crippen LogP contribution in [0.5, 0.6) is 0 Å². The topological polar surface area (TPSA) is 103 Å². The van der Waals surface area contributed by atoms with Crippen molar-refractivity contribution < 1.29 is 13.2 Å². The van der Waals surface area contributed by atoms with Gasteiger partial charge in [-0.15, -0.1) is 0 Å². The largest absolute Gasteiger partial charge is 0.379 e. The zero-order valence-corrected chi connectivity index (χ0v) is 15.9. The fraction of sp³-hybridized carbons (Fsp3) is 0.733. The molecular formula is C15H26N4O5S. The van der Waals surface area contributed by atoms with E-state index in [0.717, 1.165) is 28.4 Å². The second kappa shape index (κ2) is 7.81.